The van der Waals surface area contributed by atoms with E-state index in [1.807, 2.05) is 31.2 Å². The number of aryl methyl sites for hydroxylation is 1. The molecule has 0 aliphatic heterocycles. The fourth-order valence-corrected chi connectivity index (χ4v) is 2.93. The Bertz CT molecular complexity index is 579. The Morgan fingerprint density at radius 3 is 2.22 bits per heavy atom. The monoisotopic (exact) mass is 242 g/mol. The van der Waals surface area contributed by atoms with E-state index >= 15 is 0 Å². The molecular weight excluding hydrogens is 227 g/mol. The van der Waals surface area contributed by atoms with Gasteiger partial charge in [-0.25, -0.2) is 4.39 Å². The quantitative estimate of drug-likeness (QED) is 0.814. The van der Waals surface area contributed by atoms with Crippen LogP contribution < -0.4 is 0 Å². The molecule has 3 rings (SSSR count). The van der Waals surface area contributed by atoms with Crippen LogP contribution in [-0.4, -0.2) is 5.11 Å². The summed E-state index contributed by atoms with van der Waals surface area (Å²) in [6.45, 7) is 1.85. The summed E-state index contributed by atoms with van der Waals surface area (Å²) in [5.41, 5.74) is 3.12. The van der Waals surface area contributed by atoms with E-state index in [1.165, 1.54) is 23.3 Å². The van der Waals surface area contributed by atoms with Gasteiger partial charge in [0.1, 0.15) is 5.82 Å². The zero-order valence-corrected chi connectivity index (χ0v) is 10.3. The molecular formula is C16H15FO. The Labute approximate surface area is 106 Å². The summed E-state index contributed by atoms with van der Waals surface area (Å²) in [6, 6.07) is 12.7. The molecule has 18 heavy (non-hydrogen) atoms. The van der Waals surface area contributed by atoms with Crippen molar-refractivity contribution in [2.75, 3.05) is 0 Å². The Morgan fingerprint density at radius 1 is 1.06 bits per heavy atom. The summed E-state index contributed by atoms with van der Waals surface area (Å²) < 4.78 is 13.1. The van der Waals surface area contributed by atoms with Crippen molar-refractivity contribution < 1.29 is 9.50 Å². The average molecular weight is 242 g/mol. The predicted octanol–water partition coefficient (Wildman–Crippen LogP) is 3.12. The van der Waals surface area contributed by atoms with Gasteiger partial charge in [0.2, 0.25) is 0 Å². The first kappa shape index (κ1) is 11.4. The summed E-state index contributed by atoms with van der Waals surface area (Å²) in [4.78, 5) is 0. The van der Waals surface area contributed by atoms with Gasteiger partial charge in [0.25, 0.3) is 0 Å². The second-order valence-electron chi connectivity index (χ2n) is 5.11. The molecule has 2 aromatic rings. The fraction of sp³-hybridized carbons (Fsp3) is 0.250. The van der Waals surface area contributed by atoms with E-state index in [-0.39, 0.29) is 5.82 Å². The summed E-state index contributed by atoms with van der Waals surface area (Å²) in [5.74, 6) is -0.254. The Morgan fingerprint density at radius 2 is 1.67 bits per heavy atom. The highest BCUT2D eigenvalue weighted by Gasteiger charge is 2.37. The molecule has 0 amide bonds. The van der Waals surface area contributed by atoms with E-state index in [4.69, 9.17) is 0 Å². The van der Waals surface area contributed by atoms with Gasteiger partial charge in [-0.2, -0.15) is 0 Å². The third-order valence-electron chi connectivity index (χ3n) is 3.77. The molecule has 0 spiro atoms. The maximum Gasteiger partial charge on any atom is 0.123 e. The molecule has 0 atom stereocenters. The largest absolute Gasteiger partial charge is 0.384 e. The third-order valence-corrected chi connectivity index (χ3v) is 3.77. The molecule has 2 aromatic carbocycles. The lowest BCUT2D eigenvalue weighted by atomic mass is 9.87. The number of aliphatic hydroxyl groups is 1. The number of fused-ring (bicyclic) bond motifs is 1. The smallest absolute Gasteiger partial charge is 0.123 e. The molecule has 92 valence electrons. The number of rotatable bonds is 1. The highest BCUT2D eigenvalue weighted by molar-refractivity contribution is 5.42. The zero-order valence-electron chi connectivity index (χ0n) is 10.3. The van der Waals surface area contributed by atoms with Crippen LogP contribution in [0.4, 0.5) is 4.39 Å². The van der Waals surface area contributed by atoms with Gasteiger partial charge in [0.05, 0.1) is 5.60 Å². The second kappa shape index (κ2) is 3.92. The summed E-state index contributed by atoms with van der Waals surface area (Å²) >= 11 is 0. The first-order valence-electron chi connectivity index (χ1n) is 6.14. The Kier molecular flexibility index (Phi) is 2.49. The standard InChI is InChI=1S/C16H15FO/c1-11-8-14(17)6-7-15(11)16(18)9-12-4-2-3-5-13(12)10-16/h2-8,18H,9-10H2,1H3. The maximum atomic E-state index is 13.1. The highest BCUT2D eigenvalue weighted by atomic mass is 19.1. The minimum Gasteiger partial charge on any atom is -0.384 e. The van der Waals surface area contributed by atoms with Crippen molar-refractivity contribution in [2.24, 2.45) is 0 Å². The van der Waals surface area contributed by atoms with Crippen LogP contribution in [0.2, 0.25) is 0 Å². The number of halogens is 1. The number of benzene rings is 2. The molecule has 1 nitrogen and oxygen atoms in total. The predicted molar refractivity (Wildman–Crippen MR) is 68.9 cm³/mol. The number of hydrogen-bond acceptors (Lipinski definition) is 1. The highest BCUT2D eigenvalue weighted by Crippen LogP contribution is 2.38. The zero-order chi connectivity index (χ0) is 12.8. The second-order valence-corrected chi connectivity index (χ2v) is 5.11. The van der Waals surface area contributed by atoms with E-state index in [9.17, 15) is 9.50 Å². The van der Waals surface area contributed by atoms with Crippen molar-refractivity contribution in [3.8, 4) is 0 Å². The van der Waals surface area contributed by atoms with E-state index in [2.05, 4.69) is 0 Å². The van der Waals surface area contributed by atoms with Crippen LogP contribution in [0.15, 0.2) is 42.5 Å². The van der Waals surface area contributed by atoms with Crippen molar-refractivity contribution in [1.29, 1.82) is 0 Å². The van der Waals surface area contributed by atoms with Gasteiger partial charge in [-0.05, 0) is 41.3 Å². The molecule has 1 N–H and O–H groups in total. The van der Waals surface area contributed by atoms with Gasteiger partial charge in [0.15, 0.2) is 0 Å². The van der Waals surface area contributed by atoms with Crippen LogP contribution in [-0.2, 0) is 18.4 Å². The van der Waals surface area contributed by atoms with E-state index < -0.39 is 5.60 Å². The lowest BCUT2D eigenvalue weighted by Crippen LogP contribution is -2.27. The lowest BCUT2D eigenvalue weighted by Gasteiger charge is -2.24. The topological polar surface area (TPSA) is 20.2 Å². The van der Waals surface area contributed by atoms with Gasteiger partial charge in [0, 0.05) is 12.8 Å². The number of hydrogen-bond donors (Lipinski definition) is 1. The molecule has 0 bridgehead atoms. The van der Waals surface area contributed by atoms with Crippen LogP contribution in [0.3, 0.4) is 0 Å². The van der Waals surface area contributed by atoms with E-state index in [1.54, 1.807) is 6.07 Å². The van der Waals surface area contributed by atoms with Crippen LogP contribution >= 0.6 is 0 Å². The third kappa shape index (κ3) is 1.73. The van der Waals surface area contributed by atoms with Crippen molar-refractivity contribution >= 4 is 0 Å². The summed E-state index contributed by atoms with van der Waals surface area (Å²) in [6.07, 6.45) is 1.21. The van der Waals surface area contributed by atoms with Gasteiger partial charge < -0.3 is 5.11 Å². The maximum absolute atomic E-state index is 13.1. The average Bonchev–Trinajstić information content (AvgIpc) is 2.65. The van der Waals surface area contributed by atoms with Crippen molar-refractivity contribution in [3.63, 3.8) is 0 Å². The summed E-state index contributed by atoms with van der Waals surface area (Å²) in [5, 5.41) is 10.8. The van der Waals surface area contributed by atoms with E-state index in [0.29, 0.717) is 12.8 Å². The molecule has 0 unspecified atom stereocenters. The van der Waals surface area contributed by atoms with E-state index in [0.717, 1.165) is 11.1 Å². The summed E-state index contributed by atoms with van der Waals surface area (Å²) in [7, 11) is 0. The van der Waals surface area contributed by atoms with Crippen LogP contribution in [0.1, 0.15) is 22.3 Å². The van der Waals surface area contributed by atoms with Gasteiger partial charge >= 0.3 is 0 Å². The van der Waals surface area contributed by atoms with Gasteiger partial charge in [-0.3, -0.25) is 0 Å². The molecule has 0 heterocycles. The lowest BCUT2D eigenvalue weighted by molar-refractivity contribution is 0.0475. The molecule has 0 aromatic heterocycles. The van der Waals surface area contributed by atoms with Crippen LogP contribution in [0.25, 0.3) is 0 Å². The van der Waals surface area contributed by atoms with Gasteiger partial charge in [-0.1, -0.05) is 30.3 Å². The minimum atomic E-state index is -0.887. The van der Waals surface area contributed by atoms with Crippen molar-refractivity contribution in [1.82, 2.24) is 0 Å². The van der Waals surface area contributed by atoms with Crippen LogP contribution in [0, 0.1) is 12.7 Å². The molecule has 0 saturated heterocycles. The molecule has 2 heteroatoms. The SMILES string of the molecule is Cc1cc(F)ccc1C1(O)Cc2ccccc2C1. The molecule has 1 aliphatic carbocycles. The molecule has 0 fully saturated rings. The Balaban J connectivity index is 2.04. The first-order chi connectivity index (χ1) is 8.58. The fourth-order valence-electron chi connectivity index (χ4n) is 2.93. The van der Waals surface area contributed by atoms with Crippen molar-refractivity contribution in [2.45, 2.75) is 25.4 Å². The molecule has 0 saturated carbocycles. The molecule has 1 aliphatic rings. The molecule has 0 radical (unpaired) electrons. The Hall–Kier alpha value is -1.67. The minimum absolute atomic E-state index is 0.254. The normalized spacial score (nSPS) is 16.6. The van der Waals surface area contributed by atoms with Crippen LogP contribution in [0.5, 0.6) is 0 Å². The van der Waals surface area contributed by atoms with Gasteiger partial charge in [-0.15, -0.1) is 0 Å². The van der Waals surface area contributed by atoms with Crippen molar-refractivity contribution in [3.05, 3.63) is 70.5 Å². The first-order valence-corrected chi connectivity index (χ1v) is 6.14.